The molecule has 1 N–H and O–H groups in total. The zero-order valence-corrected chi connectivity index (χ0v) is 14.0. The van der Waals surface area contributed by atoms with Crippen molar-refractivity contribution in [1.29, 1.82) is 0 Å². The highest BCUT2D eigenvalue weighted by atomic mass is 79.9. The van der Waals surface area contributed by atoms with E-state index in [-0.39, 0.29) is 6.04 Å². The first-order valence-electron chi connectivity index (χ1n) is 6.44. The van der Waals surface area contributed by atoms with Gasteiger partial charge in [0, 0.05) is 0 Å². The Morgan fingerprint density at radius 3 is 2.65 bits per heavy atom. The predicted octanol–water partition coefficient (Wildman–Crippen LogP) is 4.38. The lowest BCUT2D eigenvalue weighted by atomic mass is 10.1. The highest BCUT2D eigenvalue weighted by Crippen LogP contribution is 2.21. The Morgan fingerprint density at radius 2 is 2.15 bits per heavy atom. The summed E-state index contributed by atoms with van der Waals surface area (Å²) in [6.07, 6.45) is 0.161. The van der Waals surface area contributed by atoms with Gasteiger partial charge in [0.25, 0.3) is 0 Å². The van der Waals surface area contributed by atoms with Crippen LogP contribution in [-0.4, -0.2) is 16.7 Å². The maximum absolute atomic E-state index is 11.9. The van der Waals surface area contributed by atoms with E-state index in [1.54, 1.807) is 0 Å². The van der Waals surface area contributed by atoms with Gasteiger partial charge in [0.1, 0.15) is 10.2 Å². The zero-order chi connectivity index (χ0) is 15.3. The van der Waals surface area contributed by atoms with Crippen LogP contribution in [0.3, 0.4) is 0 Å². The molecule has 0 fully saturated rings. The number of halogens is 1. The van der Waals surface area contributed by atoms with E-state index in [4.69, 9.17) is 4.74 Å². The minimum atomic E-state index is -0.525. The van der Waals surface area contributed by atoms with Crippen LogP contribution in [0.25, 0.3) is 0 Å². The van der Waals surface area contributed by atoms with Crippen LogP contribution in [0.4, 0.5) is 4.79 Å². The van der Waals surface area contributed by atoms with Crippen molar-refractivity contribution in [2.45, 2.75) is 45.8 Å². The van der Waals surface area contributed by atoms with Gasteiger partial charge >= 0.3 is 6.09 Å². The lowest BCUT2D eigenvalue weighted by Crippen LogP contribution is -2.35. The normalized spacial score (nSPS) is 12.7. The van der Waals surface area contributed by atoms with Crippen LogP contribution in [0.5, 0.6) is 0 Å². The number of nitrogens with zero attached hydrogens (tertiary/aromatic N) is 1. The quantitative estimate of drug-likeness (QED) is 0.653. The Bertz CT molecular complexity index is 495. The second-order valence-corrected chi connectivity index (χ2v) is 6.56. The third-order valence-electron chi connectivity index (χ3n) is 2.34. The van der Waals surface area contributed by atoms with Gasteiger partial charge in [-0.2, -0.15) is 0 Å². The van der Waals surface area contributed by atoms with Crippen molar-refractivity contribution in [3.05, 3.63) is 40.6 Å². The molecule has 0 unspecified atom stereocenters. The van der Waals surface area contributed by atoms with Crippen LogP contribution in [-0.2, 0) is 4.74 Å². The Morgan fingerprint density at radius 1 is 1.50 bits per heavy atom. The molecule has 0 saturated heterocycles. The third kappa shape index (κ3) is 6.19. The largest absolute Gasteiger partial charge is 0.444 e. The molecule has 110 valence electrons. The molecule has 0 spiro atoms. The number of amides is 1. The molecule has 1 atom stereocenters. The first kappa shape index (κ1) is 16.7. The molecular formula is C15H21BrN2O2. The lowest BCUT2D eigenvalue weighted by molar-refractivity contribution is 0.0502. The van der Waals surface area contributed by atoms with Gasteiger partial charge in [0.05, 0.1) is 11.7 Å². The Balaban J connectivity index is 2.85. The van der Waals surface area contributed by atoms with E-state index in [2.05, 4.69) is 32.8 Å². The standard InChI is InChI=1S/C15H21BrN2O2/c1-10(2)9-12(11-7-6-8-13(16)17-11)18-14(19)20-15(3,4)5/h6-8,12H,1,9H2,2-5H3,(H,18,19)/t12-/m0/s1. The first-order chi connectivity index (χ1) is 9.17. The van der Waals surface area contributed by atoms with Crippen LogP contribution < -0.4 is 5.32 Å². The monoisotopic (exact) mass is 340 g/mol. The van der Waals surface area contributed by atoms with Gasteiger partial charge in [-0.05, 0) is 62.2 Å². The number of rotatable bonds is 4. The maximum Gasteiger partial charge on any atom is 0.408 e. The number of alkyl carbamates (subject to hydrolysis) is 1. The van der Waals surface area contributed by atoms with Crippen molar-refractivity contribution >= 4 is 22.0 Å². The molecular weight excluding hydrogens is 320 g/mol. The Labute approximate surface area is 128 Å². The molecule has 0 aliphatic rings. The maximum atomic E-state index is 11.9. The average Bonchev–Trinajstić information content (AvgIpc) is 2.24. The molecule has 0 aliphatic carbocycles. The smallest absolute Gasteiger partial charge is 0.408 e. The number of hydrogen-bond donors (Lipinski definition) is 1. The number of nitrogens with one attached hydrogen (secondary N) is 1. The summed E-state index contributed by atoms with van der Waals surface area (Å²) in [5, 5.41) is 2.84. The van der Waals surface area contributed by atoms with Crippen molar-refractivity contribution in [2.24, 2.45) is 0 Å². The van der Waals surface area contributed by atoms with E-state index in [9.17, 15) is 4.79 Å². The van der Waals surface area contributed by atoms with Crippen molar-refractivity contribution in [3.63, 3.8) is 0 Å². The van der Waals surface area contributed by atoms with Crippen LogP contribution in [0.1, 0.15) is 45.9 Å². The molecule has 0 saturated carbocycles. The van der Waals surface area contributed by atoms with E-state index in [0.717, 1.165) is 15.9 Å². The van der Waals surface area contributed by atoms with Gasteiger partial charge in [-0.25, -0.2) is 9.78 Å². The first-order valence-corrected chi connectivity index (χ1v) is 7.23. The lowest BCUT2D eigenvalue weighted by Gasteiger charge is -2.23. The topological polar surface area (TPSA) is 51.2 Å². The van der Waals surface area contributed by atoms with Gasteiger partial charge < -0.3 is 10.1 Å². The average molecular weight is 341 g/mol. The Kier molecular flexibility index (Phi) is 5.74. The van der Waals surface area contributed by atoms with E-state index in [1.807, 2.05) is 45.9 Å². The van der Waals surface area contributed by atoms with Crippen molar-refractivity contribution < 1.29 is 9.53 Å². The van der Waals surface area contributed by atoms with Crippen molar-refractivity contribution in [3.8, 4) is 0 Å². The second kappa shape index (κ2) is 6.88. The SMILES string of the molecule is C=C(C)C[C@H](NC(=O)OC(C)(C)C)c1cccc(Br)n1. The summed E-state index contributed by atoms with van der Waals surface area (Å²) in [6, 6.07) is 5.35. The second-order valence-electron chi connectivity index (χ2n) is 5.75. The number of pyridine rings is 1. The zero-order valence-electron chi connectivity index (χ0n) is 12.4. The van der Waals surface area contributed by atoms with Crippen LogP contribution in [0.15, 0.2) is 35.0 Å². The number of ether oxygens (including phenoxy) is 1. The molecule has 1 aromatic heterocycles. The number of carbonyl (C=O) groups excluding carboxylic acids is 1. The summed E-state index contributed by atoms with van der Waals surface area (Å²) in [4.78, 5) is 16.3. The molecule has 1 heterocycles. The van der Waals surface area contributed by atoms with Gasteiger partial charge in [0.15, 0.2) is 0 Å². The summed E-state index contributed by atoms with van der Waals surface area (Å²) in [5.41, 5.74) is 1.21. The van der Waals surface area contributed by atoms with Gasteiger partial charge in [-0.15, -0.1) is 6.58 Å². The minimum Gasteiger partial charge on any atom is -0.444 e. The number of hydrogen-bond acceptors (Lipinski definition) is 3. The van der Waals surface area contributed by atoms with Gasteiger partial charge in [-0.3, -0.25) is 0 Å². The molecule has 0 aliphatic heterocycles. The summed E-state index contributed by atoms with van der Waals surface area (Å²) in [6.45, 7) is 11.3. The Hall–Kier alpha value is -1.36. The van der Waals surface area contributed by atoms with Crippen LogP contribution in [0.2, 0.25) is 0 Å². The molecule has 1 rings (SSSR count). The summed E-state index contributed by atoms with van der Waals surface area (Å²) in [5.74, 6) is 0. The predicted molar refractivity (Wildman–Crippen MR) is 83.5 cm³/mol. The molecule has 20 heavy (non-hydrogen) atoms. The van der Waals surface area contributed by atoms with E-state index in [1.165, 1.54) is 0 Å². The molecule has 0 aromatic carbocycles. The van der Waals surface area contributed by atoms with E-state index in [0.29, 0.717) is 6.42 Å². The van der Waals surface area contributed by atoms with Gasteiger partial charge in [-0.1, -0.05) is 11.6 Å². The fraction of sp³-hybridized carbons (Fsp3) is 0.467. The fourth-order valence-electron chi connectivity index (χ4n) is 1.65. The summed E-state index contributed by atoms with van der Waals surface area (Å²) >= 11 is 3.33. The number of aromatic nitrogens is 1. The van der Waals surface area contributed by atoms with E-state index >= 15 is 0 Å². The minimum absolute atomic E-state index is 0.250. The highest BCUT2D eigenvalue weighted by molar-refractivity contribution is 9.10. The van der Waals surface area contributed by atoms with Crippen LogP contribution >= 0.6 is 15.9 Å². The van der Waals surface area contributed by atoms with Crippen molar-refractivity contribution in [1.82, 2.24) is 10.3 Å². The third-order valence-corrected chi connectivity index (χ3v) is 2.78. The highest BCUT2D eigenvalue weighted by Gasteiger charge is 2.21. The van der Waals surface area contributed by atoms with Gasteiger partial charge in [0.2, 0.25) is 0 Å². The van der Waals surface area contributed by atoms with E-state index < -0.39 is 11.7 Å². The molecule has 4 nitrogen and oxygen atoms in total. The fourth-order valence-corrected chi connectivity index (χ4v) is 2.00. The molecule has 1 amide bonds. The molecule has 1 aromatic rings. The van der Waals surface area contributed by atoms with Crippen LogP contribution in [0, 0.1) is 0 Å². The molecule has 0 bridgehead atoms. The molecule has 0 radical (unpaired) electrons. The number of carbonyl (C=O) groups is 1. The summed E-state index contributed by atoms with van der Waals surface area (Å²) in [7, 11) is 0. The summed E-state index contributed by atoms with van der Waals surface area (Å²) < 4.78 is 6.01. The van der Waals surface area contributed by atoms with Crippen molar-refractivity contribution in [2.75, 3.05) is 0 Å². The molecule has 5 heteroatoms.